The van der Waals surface area contributed by atoms with Crippen LogP contribution in [0.2, 0.25) is 0 Å². The van der Waals surface area contributed by atoms with Gasteiger partial charge in [-0.15, -0.1) is 0 Å². The molecule has 0 radical (unpaired) electrons. The van der Waals surface area contributed by atoms with E-state index in [2.05, 4.69) is 83.7 Å². The van der Waals surface area contributed by atoms with Gasteiger partial charge in [0.15, 0.2) is 0 Å². The lowest BCUT2D eigenvalue weighted by molar-refractivity contribution is -0.117. The average molecular weight is 550 g/mol. The van der Waals surface area contributed by atoms with Crippen molar-refractivity contribution in [3.05, 3.63) is 22.3 Å². The second kappa shape index (κ2) is 6.10. The first-order chi connectivity index (χ1) is 8.79. The standard InChI is InChI=1S/C12H14BrI2N3O/c1-6-3-4-8(13)17-9(6)18-10(19)7-5-12(2,15)11(14)16-7/h3-4,7,11,16H,5H2,1-2H3,(H,17,18,19)/t7-,11-,12+/m0/s1. The van der Waals surface area contributed by atoms with Crippen LogP contribution in [0.4, 0.5) is 5.82 Å². The summed E-state index contributed by atoms with van der Waals surface area (Å²) in [4.78, 5) is 16.6. The number of carbonyl (C=O) groups excluding carboxylic acids is 1. The Hall–Kier alpha value is 0.520. The largest absolute Gasteiger partial charge is 0.309 e. The molecule has 2 heterocycles. The maximum absolute atomic E-state index is 12.3. The lowest BCUT2D eigenvalue weighted by Gasteiger charge is -2.17. The van der Waals surface area contributed by atoms with Crippen LogP contribution in [0.5, 0.6) is 0 Å². The number of anilines is 1. The molecule has 0 aliphatic carbocycles. The van der Waals surface area contributed by atoms with E-state index in [9.17, 15) is 4.79 Å². The predicted molar refractivity (Wildman–Crippen MR) is 97.1 cm³/mol. The summed E-state index contributed by atoms with van der Waals surface area (Å²) in [6.07, 6.45) is 0.819. The van der Waals surface area contributed by atoms with Crippen LogP contribution >= 0.6 is 61.1 Å². The highest BCUT2D eigenvalue weighted by molar-refractivity contribution is 14.1. The average Bonchev–Trinajstić information content (AvgIpc) is 2.59. The summed E-state index contributed by atoms with van der Waals surface area (Å²) in [5, 5.41) is 6.23. The van der Waals surface area contributed by atoms with Gasteiger partial charge in [-0.1, -0.05) is 51.2 Å². The number of hydrogen-bond acceptors (Lipinski definition) is 3. The Labute approximate surface area is 148 Å². The zero-order chi connectivity index (χ0) is 14.2. The van der Waals surface area contributed by atoms with Crippen molar-refractivity contribution in [1.82, 2.24) is 10.3 Å². The molecule has 3 atom stereocenters. The molecular formula is C12H14BrI2N3O. The van der Waals surface area contributed by atoms with Crippen molar-refractivity contribution in [2.24, 2.45) is 0 Å². The van der Waals surface area contributed by atoms with E-state index in [1.54, 1.807) is 0 Å². The number of rotatable bonds is 2. The highest BCUT2D eigenvalue weighted by Gasteiger charge is 2.43. The number of hydrogen-bond donors (Lipinski definition) is 2. The first-order valence-electron chi connectivity index (χ1n) is 5.82. The maximum Gasteiger partial charge on any atom is 0.242 e. The van der Waals surface area contributed by atoms with E-state index < -0.39 is 0 Å². The van der Waals surface area contributed by atoms with Crippen LogP contribution in [0.25, 0.3) is 0 Å². The molecular weight excluding hydrogens is 536 g/mol. The van der Waals surface area contributed by atoms with Gasteiger partial charge in [-0.05, 0) is 47.8 Å². The Bertz CT molecular complexity index is 510. The molecule has 0 unspecified atom stereocenters. The van der Waals surface area contributed by atoms with E-state index in [4.69, 9.17) is 0 Å². The van der Waals surface area contributed by atoms with E-state index in [0.717, 1.165) is 16.6 Å². The van der Waals surface area contributed by atoms with Gasteiger partial charge in [0.25, 0.3) is 0 Å². The lowest BCUT2D eigenvalue weighted by atomic mass is 10.1. The first kappa shape index (κ1) is 15.9. The number of aryl methyl sites for hydroxylation is 1. The fraction of sp³-hybridized carbons (Fsp3) is 0.500. The molecule has 19 heavy (non-hydrogen) atoms. The van der Waals surface area contributed by atoms with E-state index in [-0.39, 0.29) is 19.4 Å². The van der Waals surface area contributed by atoms with Gasteiger partial charge in [-0.25, -0.2) is 4.98 Å². The van der Waals surface area contributed by atoms with Gasteiger partial charge in [0, 0.05) is 3.42 Å². The summed E-state index contributed by atoms with van der Waals surface area (Å²) >= 11 is 8.07. The molecule has 1 aliphatic heterocycles. The fourth-order valence-electron chi connectivity index (χ4n) is 1.92. The fourth-order valence-corrected chi connectivity index (χ4v) is 3.53. The molecule has 1 amide bonds. The Morgan fingerprint density at radius 2 is 2.32 bits per heavy atom. The van der Waals surface area contributed by atoms with E-state index >= 15 is 0 Å². The molecule has 7 heteroatoms. The highest BCUT2D eigenvalue weighted by Crippen LogP contribution is 2.37. The smallest absolute Gasteiger partial charge is 0.242 e. The monoisotopic (exact) mass is 549 g/mol. The van der Waals surface area contributed by atoms with Gasteiger partial charge in [0.05, 0.1) is 10.1 Å². The molecule has 1 saturated heterocycles. The van der Waals surface area contributed by atoms with Gasteiger partial charge in [-0.2, -0.15) is 0 Å². The zero-order valence-electron chi connectivity index (χ0n) is 10.5. The van der Waals surface area contributed by atoms with Crippen LogP contribution in [-0.2, 0) is 4.79 Å². The zero-order valence-corrected chi connectivity index (χ0v) is 16.4. The van der Waals surface area contributed by atoms with Crippen LogP contribution < -0.4 is 10.6 Å². The minimum atomic E-state index is -0.163. The third-order valence-electron chi connectivity index (χ3n) is 3.10. The number of amides is 1. The number of aromatic nitrogens is 1. The molecule has 1 aromatic heterocycles. The van der Waals surface area contributed by atoms with Crippen LogP contribution in [0.1, 0.15) is 18.9 Å². The molecule has 0 aromatic carbocycles. The quantitative estimate of drug-likeness (QED) is 0.257. The summed E-state index contributed by atoms with van der Waals surface area (Å²) in [5.41, 5.74) is 0.956. The van der Waals surface area contributed by atoms with Crippen LogP contribution in [-0.4, -0.2) is 24.4 Å². The molecule has 4 nitrogen and oxygen atoms in total. The lowest BCUT2D eigenvalue weighted by Crippen LogP contribution is -2.38. The number of alkyl halides is 2. The number of pyridine rings is 1. The molecule has 1 fully saturated rings. The van der Waals surface area contributed by atoms with E-state index in [0.29, 0.717) is 5.82 Å². The molecule has 2 rings (SSSR count). The van der Waals surface area contributed by atoms with Crippen molar-refractivity contribution in [2.45, 2.75) is 33.8 Å². The number of halogens is 3. The molecule has 0 saturated carbocycles. The second-order valence-electron chi connectivity index (χ2n) is 4.85. The SMILES string of the molecule is Cc1ccc(Br)nc1NC(=O)[C@@H]1C[C@@](C)(I)[C@@H](I)N1. The maximum atomic E-state index is 12.3. The summed E-state index contributed by atoms with van der Waals surface area (Å²) in [6.45, 7) is 4.09. The van der Waals surface area contributed by atoms with Gasteiger partial charge >= 0.3 is 0 Å². The van der Waals surface area contributed by atoms with Gasteiger partial charge in [-0.3, -0.25) is 10.1 Å². The number of carbonyl (C=O) groups is 1. The van der Waals surface area contributed by atoms with Crippen molar-refractivity contribution in [3.63, 3.8) is 0 Å². The summed E-state index contributed by atoms with van der Waals surface area (Å²) in [5.74, 6) is 0.601. The molecule has 1 aliphatic rings. The van der Waals surface area contributed by atoms with Crippen molar-refractivity contribution >= 4 is 72.8 Å². The summed E-state index contributed by atoms with van der Waals surface area (Å²) in [7, 11) is 0. The Kier molecular flexibility index (Phi) is 5.11. The Morgan fingerprint density at radius 3 is 2.89 bits per heavy atom. The summed E-state index contributed by atoms with van der Waals surface area (Å²) < 4.78 is 1.11. The van der Waals surface area contributed by atoms with E-state index in [1.807, 2.05) is 19.1 Å². The number of nitrogens with zero attached hydrogens (tertiary/aromatic N) is 1. The molecule has 0 spiro atoms. The third kappa shape index (κ3) is 3.79. The van der Waals surface area contributed by atoms with Gasteiger partial charge < -0.3 is 5.32 Å². The third-order valence-corrected chi connectivity index (χ3v) is 7.53. The van der Waals surface area contributed by atoms with Gasteiger partial charge in [0.2, 0.25) is 5.91 Å². The van der Waals surface area contributed by atoms with Crippen molar-refractivity contribution in [1.29, 1.82) is 0 Å². The molecule has 104 valence electrons. The highest BCUT2D eigenvalue weighted by atomic mass is 127. The van der Waals surface area contributed by atoms with Crippen LogP contribution in [0.3, 0.4) is 0 Å². The normalized spacial score (nSPS) is 30.4. The molecule has 1 aromatic rings. The van der Waals surface area contributed by atoms with Crippen LogP contribution in [0, 0.1) is 6.92 Å². The van der Waals surface area contributed by atoms with Crippen molar-refractivity contribution in [3.8, 4) is 0 Å². The summed E-state index contributed by atoms with van der Waals surface area (Å²) in [6, 6.07) is 3.63. The minimum absolute atomic E-state index is 0.0178. The molecule has 2 N–H and O–H groups in total. The van der Waals surface area contributed by atoms with Crippen molar-refractivity contribution < 1.29 is 4.79 Å². The topological polar surface area (TPSA) is 54.0 Å². The van der Waals surface area contributed by atoms with Crippen LogP contribution in [0.15, 0.2) is 16.7 Å². The number of nitrogens with one attached hydrogen (secondary N) is 2. The second-order valence-corrected chi connectivity index (χ2v) is 9.38. The van der Waals surface area contributed by atoms with Gasteiger partial charge in [0.1, 0.15) is 10.4 Å². The first-order valence-corrected chi connectivity index (χ1v) is 8.94. The molecule has 0 bridgehead atoms. The Morgan fingerprint density at radius 1 is 1.63 bits per heavy atom. The Balaban J connectivity index is 2.08. The minimum Gasteiger partial charge on any atom is -0.309 e. The predicted octanol–water partition coefficient (Wildman–Crippen LogP) is 3.41. The van der Waals surface area contributed by atoms with Crippen molar-refractivity contribution in [2.75, 3.05) is 5.32 Å². The van der Waals surface area contributed by atoms with E-state index in [1.165, 1.54) is 0 Å².